The first kappa shape index (κ1) is 13.5. The van der Waals surface area contributed by atoms with Crippen molar-refractivity contribution >= 4 is 22.9 Å². The molecule has 0 saturated carbocycles. The standard InChI is InChI=1S/C13H14N2O3S/c1-8-12(19-7-14-8)13(17)15-10-3-4-11(18-2)9(5-10)6-16/h3-5,7,16H,6H2,1-2H3,(H,15,17). The quantitative estimate of drug-likeness (QED) is 0.899. The van der Waals surface area contributed by atoms with Gasteiger partial charge in [0.1, 0.15) is 10.6 Å². The minimum atomic E-state index is -0.200. The molecule has 1 amide bonds. The minimum absolute atomic E-state index is 0.146. The molecule has 0 aliphatic heterocycles. The molecule has 0 aliphatic carbocycles. The lowest BCUT2D eigenvalue weighted by atomic mass is 10.2. The number of carbonyl (C=O) groups is 1. The largest absolute Gasteiger partial charge is 0.496 e. The summed E-state index contributed by atoms with van der Waals surface area (Å²) in [7, 11) is 1.54. The first-order valence-corrected chi connectivity index (χ1v) is 6.53. The maximum absolute atomic E-state index is 12.0. The molecule has 0 fully saturated rings. The predicted octanol–water partition coefficient (Wildman–Crippen LogP) is 2.20. The third kappa shape index (κ3) is 2.91. The fourth-order valence-corrected chi connectivity index (χ4v) is 2.39. The zero-order valence-corrected chi connectivity index (χ0v) is 11.5. The Morgan fingerprint density at radius 1 is 1.53 bits per heavy atom. The Balaban J connectivity index is 2.20. The number of carbonyl (C=O) groups excluding carboxylic acids is 1. The number of aliphatic hydroxyl groups is 1. The van der Waals surface area contributed by atoms with Crippen molar-refractivity contribution in [1.82, 2.24) is 4.98 Å². The number of thiazole rings is 1. The minimum Gasteiger partial charge on any atom is -0.496 e. The van der Waals surface area contributed by atoms with Crippen LogP contribution in [-0.4, -0.2) is 23.1 Å². The topological polar surface area (TPSA) is 71.5 Å². The van der Waals surface area contributed by atoms with Gasteiger partial charge in [-0.25, -0.2) is 4.98 Å². The average Bonchev–Trinajstić information content (AvgIpc) is 2.85. The summed E-state index contributed by atoms with van der Waals surface area (Å²) in [4.78, 5) is 16.6. The van der Waals surface area contributed by atoms with Crippen LogP contribution in [-0.2, 0) is 6.61 Å². The highest BCUT2D eigenvalue weighted by Gasteiger charge is 2.12. The molecule has 5 nitrogen and oxygen atoms in total. The van der Waals surface area contributed by atoms with Crippen molar-refractivity contribution in [2.75, 3.05) is 12.4 Å². The van der Waals surface area contributed by atoms with Crippen LogP contribution in [0.25, 0.3) is 0 Å². The Labute approximate surface area is 114 Å². The first-order chi connectivity index (χ1) is 9.15. The van der Waals surface area contributed by atoms with E-state index in [0.717, 1.165) is 0 Å². The van der Waals surface area contributed by atoms with Gasteiger partial charge in [0.15, 0.2) is 0 Å². The van der Waals surface area contributed by atoms with E-state index >= 15 is 0 Å². The molecule has 0 atom stereocenters. The van der Waals surface area contributed by atoms with Crippen LogP contribution >= 0.6 is 11.3 Å². The number of hydrogen-bond donors (Lipinski definition) is 2. The summed E-state index contributed by atoms with van der Waals surface area (Å²) in [6.45, 7) is 1.64. The van der Waals surface area contributed by atoms with E-state index in [4.69, 9.17) is 4.74 Å². The third-order valence-electron chi connectivity index (χ3n) is 2.66. The molecular weight excluding hydrogens is 264 g/mol. The van der Waals surface area contributed by atoms with E-state index < -0.39 is 0 Å². The van der Waals surface area contributed by atoms with Crippen LogP contribution in [0.1, 0.15) is 20.9 Å². The van der Waals surface area contributed by atoms with E-state index in [9.17, 15) is 9.90 Å². The van der Waals surface area contributed by atoms with E-state index in [2.05, 4.69) is 10.3 Å². The molecule has 0 saturated heterocycles. The van der Waals surface area contributed by atoms with Gasteiger partial charge in [0.2, 0.25) is 0 Å². The van der Waals surface area contributed by atoms with Gasteiger partial charge < -0.3 is 15.2 Å². The monoisotopic (exact) mass is 278 g/mol. The van der Waals surface area contributed by atoms with Crippen LogP contribution in [0.5, 0.6) is 5.75 Å². The summed E-state index contributed by atoms with van der Waals surface area (Å²) in [6, 6.07) is 5.13. The van der Waals surface area contributed by atoms with Crippen molar-refractivity contribution in [2.45, 2.75) is 13.5 Å². The van der Waals surface area contributed by atoms with Crippen LogP contribution in [0.2, 0.25) is 0 Å². The van der Waals surface area contributed by atoms with Gasteiger partial charge in [0, 0.05) is 11.3 Å². The van der Waals surface area contributed by atoms with Gasteiger partial charge in [-0.2, -0.15) is 0 Å². The molecule has 0 spiro atoms. The van der Waals surface area contributed by atoms with E-state index in [1.807, 2.05) is 0 Å². The first-order valence-electron chi connectivity index (χ1n) is 5.65. The van der Waals surface area contributed by atoms with Gasteiger partial charge in [-0.15, -0.1) is 11.3 Å². The lowest BCUT2D eigenvalue weighted by Gasteiger charge is -2.09. The van der Waals surface area contributed by atoms with Crippen LogP contribution in [0, 0.1) is 6.92 Å². The molecule has 0 bridgehead atoms. The number of hydrogen-bond acceptors (Lipinski definition) is 5. The number of nitrogens with zero attached hydrogens (tertiary/aromatic N) is 1. The Hall–Kier alpha value is -1.92. The molecule has 6 heteroatoms. The number of aryl methyl sites for hydroxylation is 1. The molecule has 2 N–H and O–H groups in total. The van der Waals surface area contributed by atoms with Crippen molar-refractivity contribution in [3.63, 3.8) is 0 Å². The molecule has 0 unspecified atom stereocenters. The van der Waals surface area contributed by atoms with Crippen LogP contribution in [0.3, 0.4) is 0 Å². The van der Waals surface area contributed by atoms with Crippen molar-refractivity contribution in [1.29, 1.82) is 0 Å². The van der Waals surface area contributed by atoms with Crippen molar-refractivity contribution in [3.05, 3.63) is 39.8 Å². The molecule has 1 heterocycles. The van der Waals surface area contributed by atoms with Crippen LogP contribution in [0.15, 0.2) is 23.7 Å². The van der Waals surface area contributed by atoms with E-state index in [0.29, 0.717) is 27.6 Å². The lowest BCUT2D eigenvalue weighted by molar-refractivity contribution is 0.102. The zero-order valence-electron chi connectivity index (χ0n) is 10.6. The van der Waals surface area contributed by atoms with Crippen molar-refractivity contribution in [2.24, 2.45) is 0 Å². The number of methoxy groups -OCH3 is 1. The summed E-state index contributed by atoms with van der Waals surface area (Å²) >= 11 is 1.30. The van der Waals surface area contributed by atoms with Gasteiger partial charge in [0.25, 0.3) is 5.91 Å². The highest BCUT2D eigenvalue weighted by molar-refractivity contribution is 7.12. The van der Waals surface area contributed by atoms with E-state index in [1.165, 1.54) is 18.4 Å². The zero-order chi connectivity index (χ0) is 13.8. The second-order valence-corrected chi connectivity index (χ2v) is 4.76. The van der Waals surface area contributed by atoms with Gasteiger partial charge in [0.05, 0.1) is 24.9 Å². The Morgan fingerprint density at radius 2 is 2.32 bits per heavy atom. The average molecular weight is 278 g/mol. The van der Waals surface area contributed by atoms with Crippen LogP contribution in [0.4, 0.5) is 5.69 Å². The summed E-state index contributed by atoms with van der Waals surface area (Å²) in [5.41, 5.74) is 3.58. The Bertz CT molecular complexity index is 595. The van der Waals surface area contributed by atoms with Gasteiger partial charge >= 0.3 is 0 Å². The second-order valence-electron chi connectivity index (χ2n) is 3.91. The fraction of sp³-hybridized carbons (Fsp3) is 0.231. The van der Waals surface area contributed by atoms with Crippen molar-refractivity contribution < 1.29 is 14.6 Å². The number of rotatable bonds is 4. The van der Waals surface area contributed by atoms with Gasteiger partial charge in [-0.1, -0.05) is 0 Å². The maximum atomic E-state index is 12.0. The molecule has 1 aromatic heterocycles. The van der Waals surface area contributed by atoms with E-state index in [-0.39, 0.29) is 12.5 Å². The number of amides is 1. The third-order valence-corrected chi connectivity index (χ3v) is 3.59. The van der Waals surface area contributed by atoms with E-state index in [1.54, 1.807) is 30.6 Å². The van der Waals surface area contributed by atoms with Crippen molar-refractivity contribution in [3.8, 4) is 5.75 Å². The summed E-state index contributed by atoms with van der Waals surface area (Å²) in [5, 5.41) is 12.0. The molecular formula is C13H14N2O3S. The number of aromatic nitrogens is 1. The molecule has 0 radical (unpaired) electrons. The predicted molar refractivity (Wildman–Crippen MR) is 73.7 cm³/mol. The summed E-state index contributed by atoms with van der Waals surface area (Å²) in [6.07, 6.45) is 0. The Morgan fingerprint density at radius 3 is 2.89 bits per heavy atom. The highest BCUT2D eigenvalue weighted by atomic mass is 32.1. The normalized spacial score (nSPS) is 10.3. The number of benzene rings is 1. The molecule has 0 aliphatic rings. The Kier molecular flexibility index (Phi) is 4.13. The summed E-state index contributed by atoms with van der Waals surface area (Å²) < 4.78 is 5.11. The molecule has 2 aromatic rings. The number of aliphatic hydroxyl groups excluding tert-OH is 1. The number of anilines is 1. The van der Waals surface area contributed by atoms with Crippen LogP contribution < -0.4 is 10.1 Å². The fourth-order valence-electron chi connectivity index (χ4n) is 1.69. The smallest absolute Gasteiger partial charge is 0.267 e. The molecule has 2 rings (SSSR count). The second kappa shape index (κ2) is 5.81. The SMILES string of the molecule is COc1ccc(NC(=O)c2scnc2C)cc1CO. The number of nitrogens with one attached hydrogen (secondary N) is 1. The number of ether oxygens (including phenoxy) is 1. The summed E-state index contributed by atoms with van der Waals surface area (Å²) in [5.74, 6) is 0.392. The molecule has 100 valence electrons. The van der Waals surface area contributed by atoms with Gasteiger partial charge in [-0.05, 0) is 25.1 Å². The highest BCUT2D eigenvalue weighted by Crippen LogP contribution is 2.23. The van der Waals surface area contributed by atoms with Gasteiger partial charge in [-0.3, -0.25) is 4.79 Å². The lowest BCUT2D eigenvalue weighted by Crippen LogP contribution is -2.11. The maximum Gasteiger partial charge on any atom is 0.267 e. The molecule has 1 aromatic carbocycles. The molecule has 19 heavy (non-hydrogen) atoms.